The number of carbonyl (C=O) groups excluding carboxylic acids is 2. The van der Waals surface area contributed by atoms with Crippen LogP contribution in [0.25, 0.3) is 11.7 Å². The molecule has 3 aromatic heterocycles. The summed E-state index contributed by atoms with van der Waals surface area (Å²) in [6.45, 7) is 0.265. The highest BCUT2D eigenvalue weighted by atomic mass is 32.2. The van der Waals surface area contributed by atoms with Crippen molar-refractivity contribution in [3.63, 3.8) is 0 Å². The molecular weight excluding hydrogens is 360 g/mol. The molecular formula is C16H12N4O3S2. The van der Waals surface area contributed by atoms with Crippen LogP contribution in [-0.4, -0.2) is 36.8 Å². The molecule has 0 radical (unpaired) electrons. The second-order valence-electron chi connectivity index (χ2n) is 5.28. The number of hydrogen-bond acceptors (Lipinski definition) is 6. The molecule has 0 N–H and O–H groups in total. The summed E-state index contributed by atoms with van der Waals surface area (Å²) in [7, 11) is 0. The van der Waals surface area contributed by atoms with Crippen molar-refractivity contribution in [3.8, 4) is 0 Å². The zero-order chi connectivity index (χ0) is 17.4. The molecule has 0 atom stereocenters. The SMILES string of the molecule is O=C1S/C(=C\c2cccs2)C(=O)N1CCn1nc2ccccn2c1=O. The van der Waals surface area contributed by atoms with Gasteiger partial charge in [-0.3, -0.25) is 18.9 Å². The van der Waals surface area contributed by atoms with Crippen molar-refractivity contribution < 1.29 is 9.59 Å². The van der Waals surface area contributed by atoms with Crippen LogP contribution in [0.3, 0.4) is 0 Å². The van der Waals surface area contributed by atoms with E-state index in [2.05, 4.69) is 5.10 Å². The van der Waals surface area contributed by atoms with Crippen LogP contribution in [0.2, 0.25) is 0 Å². The van der Waals surface area contributed by atoms with Gasteiger partial charge in [0.15, 0.2) is 5.65 Å². The first-order valence-electron chi connectivity index (χ1n) is 7.46. The molecule has 0 unspecified atom stereocenters. The Morgan fingerprint density at radius 3 is 2.72 bits per heavy atom. The van der Waals surface area contributed by atoms with Crippen LogP contribution in [0, 0.1) is 0 Å². The minimum atomic E-state index is -0.333. The van der Waals surface area contributed by atoms with Crippen molar-refractivity contribution in [3.05, 3.63) is 62.2 Å². The van der Waals surface area contributed by atoms with Crippen molar-refractivity contribution in [2.24, 2.45) is 0 Å². The van der Waals surface area contributed by atoms with Crippen LogP contribution in [0.1, 0.15) is 4.88 Å². The van der Waals surface area contributed by atoms with Crippen LogP contribution in [0.5, 0.6) is 0 Å². The van der Waals surface area contributed by atoms with Crippen LogP contribution in [0.4, 0.5) is 4.79 Å². The molecule has 4 rings (SSSR count). The molecule has 4 heterocycles. The summed E-state index contributed by atoms with van der Waals surface area (Å²) in [4.78, 5) is 39.2. The van der Waals surface area contributed by atoms with Crippen LogP contribution >= 0.6 is 23.1 Å². The highest BCUT2D eigenvalue weighted by Gasteiger charge is 2.34. The zero-order valence-electron chi connectivity index (χ0n) is 12.9. The first-order valence-corrected chi connectivity index (χ1v) is 9.16. The zero-order valence-corrected chi connectivity index (χ0v) is 14.5. The fourth-order valence-corrected chi connectivity index (χ4v) is 4.09. The van der Waals surface area contributed by atoms with Gasteiger partial charge in [0.1, 0.15) is 0 Å². The van der Waals surface area contributed by atoms with Gasteiger partial charge in [0.2, 0.25) is 0 Å². The van der Waals surface area contributed by atoms with E-state index >= 15 is 0 Å². The second-order valence-corrected chi connectivity index (χ2v) is 7.26. The van der Waals surface area contributed by atoms with Crippen LogP contribution in [0.15, 0.2) is 51.6 Å². The number of rotatable bonds is 4. The van der Waals surface area contributed by atoms with Gasteiger partial charge in [-0.15, -0.1) is 16.4 Å². The lowest BCUT2D eigenvalue weighted by atomic mass is 10.3. The first kappa shape index (κ1) is 15.9. The summed E-state index contributed by atoms with van der Waals surface area (Å²) in [5.74, 6) is -0.333. The summed E-state index contributed by atoms with van der Waals surface area (Å²) in [6, 6.07) is 9.03. The lowest BCUT2D eigenvalue weighted by molar-refractivity contribution is -0.122. The van der Waals surface area contributed by atoms with E-state index in [1.807, 2.05) is 17.5 Å². The fraction of sp³-hybridized carbons (Fsp3) is 0.125. The largest absolute Gasteiger partial charge is 0.350 e. The van der Waals surface area contributed by atoms with Gasteiger partial charge in [0.05, 0.1) is 11.4 Å². The van der Waals surface area contributed by atoms with Gasteiger partial charge in [-0.2, -0.15) is 0 Å². The third-order valence-corrected chi connectivity index (χ3v) is 5.44. The predicted molar refractivity (Wildman–Crippen MR) is 96.4 cm³/mol. The summed E-state index contributed by atoms with van der Waals surface area (Å²) in [5.41, 5.74) is 0.232. The predicted octanol–water partition coefficient (Wildman–Crippen LogP) is 2.29. The number of thioether (sulfide) groups is 1. The Morgan fingerprint density at radius 2 is 1.96 bits per heavy atom. The van der Waals surface area contributed by atoms with Crippen molar-refractivity contribution in [2.75, 3.05) is 6.54 Å². The maximum atomic E-state index is 12.4. The van der Waals surface area contributed by atoms with E-state index in [9.17, 15) is 14.4 Å². The molecule has 0 bridgehead atoms. The van der Waals surface area contributed by atoms with E-state index in [0.29, 0.717) is 10.6 Å². The topological polar surface area (TPSA) is 76.7 Å². The Balaban J connectivity index is 1.52. The molecule has 0 aromatic carbocycles. The first-order chi connectivity index (χ1) is 12.1. The maximum Gasteiger partial charge on any atom is 0.350 e. The lowest BCUT2D eigenvalue weighted by Crippen LogP contribution is -2.34. The van der Waals surface area contributed by atoms with Gasteiger partial charge < -0.3 is 0 Å². The second kappa shape index (κ2) is 6.34. The minimum Gasteiger partial charge on any atom is -0.268 e. The number of aromatic nitrogens is 3. The summed E-state index contributed by atoms with van der Waals surface area (Å²) < 4.78 is 2.69. The molecule has 1 saturated heterocycles. The van der Waals surface area contributed by atoms with E-state index in [4.69, 9.17) is 0 Å². The molecule has 126 valence electrons. The number of fused-ring (bicyclic) bond motifs is 1. The van der Waals surface area contributed by atoms with E-state index in [0.717, 1.165) is 21.5 Å². The molecule has 25 heavy (non-hydrogen) atoms. The number of carbonyl (C=O) groups is 2. The van der Waals surface area contributed by atoms with Gasteiger partial charge in [-0.25, -0.2) is 9.48 Å². The Morgan fingerprint density at radius 1 is 1.08 bits per heavy atom. The number of thiophene rings is 1. The Kier molecular flexibility index (Phi) is 4.02. The maximum absolute atomic E-state index is 12.4. The molecule has 1 aliphatic heterocycles. The van der Waals surface area contributed by atoms with Crippen molar-refractivity contribution in [1.29, 1.82) is 0 Å². The molecule has 0 aliphatic carbocycles. The van der Waals surface area contributed by atoms with Gasteiger partial charge in [-0.05, 0) is 41.4 Å². The molecule has 3 aromatic rings. The Labute approximate surface area is 150 Å². The smallest absolute Gasteiger partial charge is 0.268 e. The molecule has 1 aliphatic rings. The lowest BCUT2D eigenvalue weighted by Gasteiger charge is -2.11. The van der Waals surface area contributed by atoms with Crippen LogP contribution in [-0.2, 0) is 11.3 Å². The number of imide groups is 1. The number of hydrogen-bond donors (Lipinski definition) is 0. The van der Waals surface area contributed by atoms with Gasteiger partial charge in [-0.1, -0.05) is 12.1 Å². The normalized spacial score (nSPS) is 16.5. The Bertz CT molecular complexity index is 1050. The molecule has 9 heteroatoms. The minimum absolute atomic E-state index is 0.107. The number of nitrogens with zero attached hydrogens (tertiary/aromatic N) is 4. The number of pyridine rings is 1. The van der Waals surface area contributed by atoms with E-state index in [-0.39, 0.29) is 29.9 Å². The molecule has 7 nitrogen and oxygen atoms in total. The van der Waals surface area contributed by atoms with Crippen molar-refractivity contribution >= 4 is 46.0 Å². The standard InChI is InChI=1S/C16H12N4O3S2/c21-14-12(10-11-4-3-9-24-11)25-16(23)19(14)7-8-20-15(22)18-6-2-1-5-13(18)17-20/h1-6,9-10H,7-8H2/b12-10-. The number of amides is 2. The molecule has 0 saturated carbocycles. The van der Waals surface area contributed by atoms with Gasteiger partial charge in [0, 0.05) is 17.6 Å². The summed E-state index contributed by atoms with van der Waals surface area (Å²) >= 11 is 2.42. The average Bonchev–Trinajstić information content (AvgIpc) is 3.29. The molecule has 2 amide bonds. The van der Waals surface area contributed by atoms with Gasteiger partial charge in [0.25, 0.3) is 11.1 Å². The quantitative estimate of drug-likeness (QED) is 0.657. The summed E-state index contributed by atoms with van der Waals surface area (Å²) in [6.07, 6.45) is 3.34. The Hall–Kier alpha value is -2.65. The molecule has 1 fully saturated rings. The van der Waals surface area contributed by atoms with E-state index < -0.39 is 0 Å². The fourth-order valence-electron chi connectivity index (χ4n) is 2.50. The monoisotopic (exact) mass is 372 g/mol. The summed E-state index contributed by atoms with van der Waals surface area (Å²) in [5, 5.41) is 5.78. The average molecular weight is 372 g/mol. The third-order valence-electron chi connectivity index (χ3n) is 3.71. The van der Waals surface area contributed by atoms with Crippen molar-refractivity contribution in [2.45, 2.75) is 6.54 Å². The van der Waals surface area contributed by atoms with Crippen molar-refractivity contribution in [1.82, 2.24) is 19.1 Å². The van der Waals surface area contributed by atoms with E-state index in [1.165, 1.54) is 20.4 Å². The van der Waals surface area contributed by atoms with E-state index in [1.54, 1.807) is 30.5 Å². The highest BCUT2D eigenvalue weighted by molar-refractivity contribution is 8.18. The van der Waals surface area contributed by atoms with Gasteiger partial charge >= 0.3 is 5.69 Å². The molecule has 0 spiro atoms. The van der Waals surface area contributed by atoms with Crippen LogP contribution < -0.4 is 5.69 Å². The third kappa shape index (κ3) is 2.92. The highest BCUT2D eigenvalue weighted by Crippen LogP contribution is 2.32.